The molecule has 0 radical (unpaired) electrons. The summed E-state index contributed by atoms with van der Waals surface area (Å²) in [5.74, 6) is 0. The van der Waals surface area contributed by atoms with Crippen molar-refractivity contribution in [2.75, 3.05) is 52.5 Å². The maximum atomic E-state index is 9.05. The highest BCUT2D eigenvalue weighted by molar-refractivity contribution is 4.64. The number of rotatable bonds is 6. The Labute approximate surface area is 84.7 Å². The van der Waals surface area contributed by atoms with Gasteiger partial charge in [0.2, 0.25) is 0 Å². The summed E-state index contributed by atoms with van der Waals surface area (Å²) in [6.45, 7) is 5.72. The van der Waals surface area contributed by atoms with Gasteiger partial charge in [-0.05, 0) is 0 Å². The largest absolute Gasteiger partial charge is 0.394 e. The first-order chi connectivity index (χ1) is 6.83. The first-order valence-corrected chi connectivity index (χ1v) is 5.12. The smallest absolute Gasteiger partial charge is 0.0894 e. The zero-order valence-electron chi connectivity index (χ0n) is 8.48. The molecular weight excluding hydrogens is 184 g/mol. The van der Waals surface area contributed by atoms with Crippen molar-refractivity contribution in [1.29, 1.82) is 0 Å². The first-order valence-electron chi connectivity index (χ1n) is 5.12. The molecule has 84 valence electrons. The van der Waals surface area contributed by atoms with Crippen LogP contribution in [0.15, 0.2) is 0 Å². The van der Waals surface area contributed by atoms with Gasteiger partial charge in [-0.2, -0.15) is 0 Å². The Morgan fingerprint density at radius 1 is 1.36 bits per heavy atom. The van der Waals surface area contributed by atoms with E-state index in [0.717, 1.165) is 39.4 Å². The van der Waals surface area contributed by atoms with Crippen molar-refractivity contribution in [3.63, 3.8) is 0 Å². The summed E-state index contributed by atoms with van der Waals surface area (Å²) in [4.78, 5) is 2.32. The van der Waals surface area contributed by atoms with Gasteiger partial charge in [-0.3, -0.25) is 4.90 Å². The molecule has 0 bridgehead atoms. The Kier molecular flexibility index (Phi) is 6.05. The number of ether oxygens (including phenoxy) is 1. The normalized spacial score (nSPS) is 21.0. The van der Waals surface area contributed by atoms with E-state index in [1.807, 2.05) is 0 Å². The van der Waals surface area contributed by atoms with Crippen LogP contribution in [-0.2, 0) is 4.74 Å². The van der Waals surface area contributed by atoms with Crippen molar-refractivity contribution in [3.8, 4) is 0 Å². The summed E-state index contributed by atoms with van der Waals surface area (Å²) in [7, 11) is 0. The Morgan fingerprint density at radius 2 is 2.07 bits per heavy atom. The lowest BCUT2D eigenvalue weighted by atomic mass is 10.3. The maximum absolute atomic E-state index is 9.05. The number of hydrogen-bond acceptors (Lipinski definition) is 5. The predicted molar refractivity (Wildman–Crippen MR) is 53.2 cm³/mol. The lowest BCUT2D eigenvalue weighted by Crippen LogP contribution is -2.41. The Balaban J connectivity index is 1.92. The van der Waals surface area contributed by atoms with Crippen LogP contribution in [0.3, 0.4) is 0 Å². The Hall–Kier alpha value is -0.200. The van der Waals surface area contributed by atoms with Gasteiger partial charge >= 0.3 is 0 Å². The standard InChI is InChI=1S/C9H20N2O3/c12-8-9(13)7-10-1-2-11-3-5-14-6-4-11/h9-10,12-13H,1-8H2. The van der Waals surface area contributed by atoms with Gasteiger partial charge in [0.05, 0.1) is 25.9 Å². The minimum absolute atomic E-state index is 0.176. The van der Waals surface area contributed by atoms with Crippen molar-refractivity contribution < 1.29 is 14.9 Å². The quantitative estimate of drug-likeness (QED) is 0.448. The van der Waals surface area contributed by atoms with E-state index < -0.39 is 6.10 Å². The van der Waals surface area contributed by atoms with Crippen LogP contribution < -0.4 is 5.32 Å². The molecule has 0 aromatic rings. The fourth-order valence-corrected chi connectivity index (χ4v) is 1.40. The molecule has 0 amide bonds. The third-order valence-corrected chi connectivity index (χ3v) is 2.30. The summed E-state index contributed by atoms with van der Waals surface area (Å²) in [5, 5.41) is 20.7. The average molecular weight is 204 g/mol. The molecule has 1 aliphatic heterocycles. The molecule has 1 rings (SSSR count). The fraction of sp³-hybridized carbons (Fsp3) is 1.00. The van der Waals surface area contributed by atoms with Gasteiger partial charge in [-0.1, -0.05) is 0 Å². The summed E-state index contributed by atoms with van der Waals surface area (Å²) >= 11 is 0. The fourth-order valence-electron chi connectivity index (χ4n) is 1.40. The lowest BCUT2D eigenvalue weighted by Gasteiger charge is -2.26. The van der Waals surface area contributed by atoms with Gasteiger partial charge in [-0.25, -0.2) is 0 Å². The second-order valence-electron chi connectivity index (χ2n) is 3.49. The SMILES string of the molecule is OCC(O)CNCCN1CCOCC1. The number of morpholine rings is 1. The molecule has 1 unspecified atom stereocenters. The van der Waals surface area contributed by atoms with Gasteiger partial charge in [0.25, 0.3) is 0 Å². The Bertz CT molecular complexity index is 140. The third kappa shape index (κ3) is 4.88. The highest BCUT2D eigenvalue weighted by atomic mass is 16.5. The molecule has 1 atom stereocenters. The van der Waals surface area contributed by atoms with E-state index in [1.165, 1.54) is 0 Å². The van der Waals surface area contributed by atoms with Crippen molar-refractivity contribution in [2.24, 2.45) is 0 Å². The van der Waals surface area contributed by atoms with Crippen molar-refractivity contribution in [2.45, 2.75) is 6.10 Å². The number of aliphatic hydroxyl groups is 2. The van der Waals surface area contributed by atoms with Gasteiger partial charge < -0.3 is 20.3 Å². The molecule has 14 heavy (non-hydrogen) atoms. The van der Waals surface area contributed by atoms with E-state index in [9.17, 15) is 0 Å². The summed E-state index contributed by atoms with van der Waals surface area (Å²) in [5.41, 5.74) is 0. The molecule has 5 heteroatoms. The summed E-state index contributed by atoms with van der Waals surface area (Å²) < 4.78 is 5.23. The minimum Gasteiger partial charge on any atom is -0.394 e. The average Bonchev–Trinajstić information content (AvgIpc) is 2.25. The molecule has 0 saturated carbocycles. The van der Waals surface area contributed by atoms with Crippen molar-refractivity contribution in [1.82, 2.24) is 10.2 Å². The predicted octanol–water partition coefficient (Wildman–Crippen LogP) is -1.74. The molecule has 1 heterocycles. The molecule has 3 N–H and O–H groups in total. The highest BCUT2D eigenvalue weighted by Gasteiger charge is 2.09. The van der Waals surface area contributed by atoms with E-state index in [2.05, 4.69) is 10.2 Å². The van der Waals surface area contributed by atoms with Gasteiger partial charge in [-0.15, -0.1) is 0 Å². The number of nitrogens with zero attached hydrogens (tertiary/aromatic N) is 1. The van der Waals surface area contributed by atoms with Gasteiger partial charge in [0, 0.05) is 32.7 Å². The topological polar surface area (TPSA) is 65.0 Å². The molecule has 1 saturated heterocycles. The van der Waals surface area contributed by atoms with Crippen LogP contribution in [0, 0.1) is 0 Å². The zero-order valence-corrected chi connectivity index (χ0v) is 8.48. The van der Waals surface area contributed by atoms with Crippen LogP contribution in [0.4, 0.5) is 0 Å². The van der Waals surface area contributed by atoms with Crippen molar-refractivity contribution >= 4 is 0 Å². The molecule has 5 nitrogen and oxygen atoms in total. The summed E-state index contributed by atoms with van der Waals surface area (Å²) in [6, 6.07) is 0. The highest BCUT2D eigenvalue weighted by Crippen LogP contribution is 1.94. The number of nitrogens with one attached hydrogen (secondary N) is 1. The number of aliphatic hydroxyl groups excluding tert-OH is 2. The molecule has 0 aromatic heterocycles. The van der Waals surface area contributed by atoms with Crippen LogP contribution in [0.1, 0.15) is 0 Å². The van der Waals surface area contributed by atoms with Crippen LogP contribution in [0.25, 0.3) is 0 Å². The van der Waals surface area contributed by atoms with E-state index in [4.69, 9.17) is 14.9 Å². The van der Waals surface area contributed by atoms with E-state index in [0.29, 0.717) is 6.54 Å². The van der Waals surface area contributed by atoms with E-state index in [-0.39, 0.29) is 6.61 Å². The zero-order chi connectivity index (χ0) is 10.2. The van der Waals surface area contributed by atoms with Crippen LogP contribution in [0.2, 0.25) is 0 Å². The molecule has 0 spiro atoms. The second-order valence-corrected chi connectivity index (χ2v) is 3.49. The van der Waals surface area contributed by atoms with Crippen LogP contribution in [0.5, 0.6) is 0 Å². The minimum atomic E-state index is -0.639. The van der Waals surface area contributed by atoms with Crippen molar-refractivity contribution in [3.05, 3.63) is 0 Å². The molecule has 0 aromatic carbocycles. The summed E-state index contributed by atoms with van der Waals surface area (Å²) in [6.07, 6.45) is -0.639. The molecule has 0 aliphatic carbocycles. The lowest BCUT2D eigenvalue weighted by molar-refractivity contribution is 0.0375. The van der Waals surface area contributed by atoms with Gasteiger partial charge in [0.1, 0.15) is 0 Å². The third-order valence-electron chi connectivity index (χ3n) is 2.30. The van der Waals surface area contributed by atoms with E-state index in [1.54, 1.807) is 0 Å². The van der Waals surface area contributed by atoms with Gasteiger partial charge in [0.15, 0.2) is 0 Å². The monoisotopic (exact) mass is 204 g/mol. The maximum Gasteiger partial charge on any atom is 0.0894 e. The molecule has 1 aliphatic rings. The van der Waals surface area contributed by atoms with Crippen LogP contribution in [-0.4, -0.2) is 73.8 Å². The molecular formula is C9H20N2O3. The Morgan fingerprint density at radius 3 is 2.71 bits per heavy atom. The second kappa shape index (κ2) is 7.14. The first kappa shape index (κ1) is 11.9. The molecule has 1 fully saturated rings. The van der Waals surface area contributed by atoms with E-state index >= 15 is 0 Å². The number of hydrogen-bond donors (Lipinski definition) is 3. The van der Waals surface area contributed by atoms with Crippen LogP contribution >= 0.6 is 0 Å².